The molecule has 1 saturated heterocycles. The van der Waals surface area contributed by atoms with Crippen molar-refractivity contribution in [2.75, 3.05) is 26.7 Å². The number of thiophene rings is 1. The van der Waals surface area contributed by atoms with Crippen molar-refractivity contribution in [2.24, 2.45) is 10.4 Å². The van der Waals surface area contributed by atoms with Crippen LogP contribution < -0.4 is 10.6 Å². The quantitative estimate of drug-likeness (QED) is 0.632. The zero-order valence-electron chi connectivity index (χ0n) is 15.2. The van der Waals surface area contributed by atoms with Gasteiger partial charge in [-0.2, -0.15) is 11.3 Å². The van der Waals surface area contributed by atoms with Crippen LogP contribution in [0.25, 0.3) is 0 Å². The van der Waals surface area contributed by atoms with Crippen molar-refractivity contribution in [3.63, 3.8) is 0 Å². The molecule has 0 unspecified atom stereocenters. The number of piperidine rings is 1. The van der Waals surface area contributed by atoms with Gasteiger partial charge in [0.25, 0.3) is 0 Å². The van der Waals surface area contributed by atoms with Crippen LogP contribution in [0.5, 0.6) is 0 Å². The summed E-state index contributed by atoms with van der Waals surface area (Å²) in [7, 11) is 1.89. The molecule has 0 bridgehead atoms. The maximum atomic E-state index is 4.44. The average molecular weight is 349 g/mol. The molecule has 134 valence electrons. The predicted molar refractivity (Wildman–Crippen MR) is 104 cm³/mol. The minimum absolute atomic E-state index is 0.460. The molecule has 1 saturated carbocycles. The van der Waals surface area contributed by atoms with E-state index in [2.05, 4.69) is 44.3 Å². The molecule has 24 heavy (non-hydrogen) atoms. The fourth-order valence-corrected chi connectivity index (χ4v) is 4.63. The second-order valence-electron chi connectivity index (χ2n) is 7.77. The Balaban J connectivity index is 1.39. The van der Waals surface area contributed by atoms with Crippen LogP contribution in [-0.4, -0.2) is 43.6 Å². The Morgan fingerprint density at radius 3 is 2.71 bits per heavy atom. The van der Waals surface area contributed by atoms with Crippen LogP contribution in [0.3, 0.4) is 0 Å². The molecule has 5 heteroatoms. The van der Waals surface area contributed by atoms with E-state index in [1.807, 2.05) is 7.05 Å². The van der Waals surface area contributed by atoms with E-state index in [0.29, 0.717) is 11.5 Å². The second-order valence-corrected chi connectivity index (χ2v) is 8.55. The third-order valence-corrected chi connectivity index (χ3v) is 6.36. The lowest BCUT2D eigenvalue weighted by molar-refractivity contribution is 0.198. The van der Waals surface area contributed by atoms with Gasteiger partial charge in [0.05, 0.1) is 0 Å². The fourth-order valence-electron chi connectivity index (χ4n) is 3.97. The summed E-state index contributed by atoms with van der Waals surface area (Å²) in [5, 5.41) is 11.6. The van der Waals surface area contributed by atoms with E-state index in [4.69, 9.17) is 0 Å². The minimum atomic E-state index is 0.460. The molecule has 0 spiro atoms. The largest absolute Gasteiger partial charge is 0.356 e. The van der Waals surface area contributed by atoms with Gasteiger partial charge in [0.1, 0.15) is 0 Å². The molecule has 2 fully saturated rings. The topological polar surface area (TPSA) is 39.7 Å². The summed E-state index contributed by atoms with van der Waals surface area (Å²) in [5.41, 5.74) is 1.91. The molecule has 1 aliphatic heterocycles. The molecule has 1 aliphatic carbocycles. The molecule has 2 heterocycles. The van der Waals surface area contributed by atoms with E-state index in [1.54, 1.807) is 11.3 Å². The number of nitrogens with zero attached hydrogens (tertiary/aromatic N) is 2. The van der Waals surface area contributed by atoms with Crippen molar-refractivity contribution >= 4 is 17.3 Å². The highest BCUT2D eigenvalue weighted by Crippen LogP contribution is 2.36. The molecular formula is C19H32N4S. The monoisotopic (exact) mass is 348 g/mol. The van der Waals surface area contributed by atoms with Crippen molar-refractivity contribution in [1.29, 1.82) is 0 Å². The Kier molecular flexibility index (Phi) is 6.17. The third kappa shape index (κ3) is 4.96. The highest BCUT2D eigenvalue weighted by molar-refractivity contribution is 7.07. The maximum absolute atomic E-state index is 4.44. The lowest BCUT2D eigenvalue weighted by Gasteiger charge is -2.33. The number of likely N-dealkylation sites (tertiary alicyclic amines) is 1. The van der Waals surface area contributed by atoms with Gasteiger partial charge in [-0.05, 0) is 53.5 Å². The third-order valence-electron chi connectivity index (χ3n) is 5.63. The molecule has 0 amide bonds. The van der Waals surface area contributed by atoms with Crippen molar-refractivity contribution in [1.82, 2.24) is 15.5 Å². The maximum Gasteiger partial charge on any atom is 0.191 e. The molecule has 0 atom stereocenters. The Morgan fingerprint density at radius 1 is 1.33 bits per heavy atom. The standard InChI is InChI=1S/C19H32N4S/c1-19(8-3-4-9-19)15-21-18(20-2)22-17-5-10-23(11-6-17)13-16-7-12-24-14-16/h7,12,14,17H,3-6,8-11,13,15H2,1-2H3,(H2,20,21,22). The number of nitrogens with one attached hydrogen (secondary N) is 2. The molecular weight excluding hydrogens is 316 g/mol. The van der Waals surface area contributed by atoms with Gasteiger partial charge in [-0.25, -0.2) is 0 Å². The predicted octanol–water partition coefficient (Wildman–Crippen LogP) is 3.46. The number of aliphatic imine (C=N–C) groups is 1. The summed E-state index contributed by atoms with van der Waals surface area (Å²) in [5.74, 6) is 0.986. The minimum Gasteiger partial charge on any atom is -0.356 e. The first-order chi connectivity index (χ1) is 11.7. The van der Waals surface area contributed by atoms with Gasteiger partial charge in [0.15, 0.2) is 5.96 Å². The first-order valence-electron chi connectivity index (χ1n) is 9.37. The van der Waals surface area contributed by atoms with Crippen molar-refractivity contribution < 1.29 is 0 Å². The van der Waals surface area contributed by atoms with Gasteiger partial charge in [-0.3, -0.25) is 9.89 Å². The number of hydrogen-bond donors (Lipinski definition) is 2. The van der Waals surface area contributed by atoms with Gasteiger partial charge in [-0.15, -0.1) is 0 Å². The highest BCUT2D eigenvalue weighted by Gasteiger charge is 2.29. The van der Waals surface area contributed by atoms with Crippen LogP contribution in [0.15, 0.2) is 21.8 Å². The summed E-state index contributed by atoms with van der Waals surface area (Å²) in [4.78, 5) is 7.00. The van der Waals surface area contributed by atoms with E-state index >= 15 is 0 Å². The van der Waals surface area contributed by atoms with Gasteiger partial charge in [0.2, 0.25) is 0 Å². The normalized spacial score (nSPS) is 22.7. The van der Waals surface area contributed by atoms with E-state index in [1.165, 1.54) is 57.2 Å². The van der Waals surface area contributed by atoms with Crippen LogP contribution in [0.1, 0.15) is 51.0 Å². The number of guanidine groups is 1. The zero-order chi connectivity index (χ0) is 16.8. The van der Waals surface area contributed by atoms with Gasteiger partial charge in [0, 0.05) is 39.3 Å². The van der Waals surface area contributed by atoms with E-state index in [-0.39, 0.29) is 0 Å². The first-order valence-corrected chi connectivity index (χ1v) is 10.3. The lowest BCUT2D eigenvalue weighted by Crippen LogP contribution is -2.50. The summed E-state index contributed by atoms with van der Waals surface area (Å²) in [6.07, 6.45) is 7.85. The molecule has 0 aromatic carbocycles. The lowest BCUT2D eigenvalue weighted by atomic mass is 9.89. The summed E-state index contributed by atoms with van der Waals surface area (Å²) in [6.45, 7) is 6.89. The molecule has 3 rings (SSSR count). The molecule has 2 aliphatic rings. The Hall–Kier alpha value is -1.07. The number of rotatable bonds is 5. The van der Waals surface area contributed by atoms with Gasteiger partial charge >= 0.3 is 0 Å². The SMILES string of the molecule is CN=C(NCC1(C)CCCC1)NC1CCN(Cc2ccsc2)CC1. The first kappa shape index (κ1) is 17.7. The summed E-state index contributed by atoms with van der Waals surface area (Å²) in [6, 6.07) is 2.79. The molecule has 0 radical (unpaired) electrons. The Bertz CT molecular complexity index is 511. The van der Waals surface area contributed by atoms with E-state index in [9.17, 15) is 0 Å². The summed E-state index contributed by atoms with van der Waals surface area (Å²) >= 11 is 1.79. The Labute approximate surface area is 150 Å². The fraction of sp³-hybridized carbons (Fsp3) is 0.737. The molecule has 2 N–H and O–H groups in total. The summed E-state index contributed by atoms with van der Waals surface area (Å²) < 4.78 is 0. The van der Waals surface area contributed by atoms with Gasteiger partial charge < -0.3 is 10.6 Å². The average Bonchev–Trinajstić information content (AvgIpc) is 3.25. The number of hydrogen-bond acceptors (Lipinski definition) is 3. The van der Waals surface area contributed by atoms with Crippen LogP contribution in [0, 0.1) is 5.41 Å². The molecule has 1 aromatic heterocycles. The van der Waals surface area contributed by atoms with Crippen molar-refractivity contribution in [2.45, 2.75) is 58.0 Å². The second kappa shape index (κ2) is 8.34. The van der Waals surface area contributed by atoms with E-state index < -0.39 is 0 Å². The van der Waals surface area contributed by atoms with Crippen LogP contribution in [0.4, 0.5) is 0 Å². The molecule has 4 nitrogen and oxygen atoms in total. The van der Waals surface area contributed by atoms with E-state index in [0.717, 1.165) is 19.0 Å². The van der Waals surface area contributed by atoms with Crippen molar-refractivity contribution in [3.8, 4) is 0 Å². The van der Waals surface area contributed by atoms with Crippen LogP contribution >= 0.6 is 11.3 Å². The van der Waals surface area contributed by atoms with Crippen molar-refractivity contribution in [3.05, 3.63) is 22.4 Å². The molecule has 1 aromatic rings. The smallest absolute Gasteiger partial charge is 0.191 e. The highest BCUT2D eigenvalue weighted by atomic mass is 32.1. The van der Waals surface area contributed by atoms with Gasteiger partial charge in [-0.1, -0.05) is 19.8 Å². The Morgan fingerprint density at radius 2 is 2.08 bits per heavy atom. The van der Waals surface area contributed by atoms with Crippen LogP contribution in [-0.2, 0) is 6.54 Å². The van der Waals surface area contributed by atoms with Crippen LogP contribution in [0.2, 0.25) is 0 Å². The zero-order valence-corrected chi connectivity index (χ0v) is 16.0.